The van der Waals surface area contributed by atoms with Crippen LogP contribution < -0.4 is 9.41 Å². The zero-order valence-corrected chi connectivity index (χ0v) is 21.5. The van der Waals surface area contributed by atoms with Crippen LogP contribution in [0, 0.1) is 10.8 Å². The van der Waals surface area contributed by atoms with E-state index < -0.39 is 0 Å². The first-order valence-corrected chi connectivity index (χ1v) is 11.6. The summed E-state index contributed by atoms with van der Waals surface area (Å²) in [6, 6.07) is 14.9. The van der Waals surface area contributed by atoms with Gasteiger partial charge in [-0.15, -0.1) is 0 Å². The second kappa shape index (κ2) is 11.2. The predicted octanol–water partition coefficient (Wildman–Crippen LogP) is 7.11. The summed E-state index contributed by atoms with van der Waals surface area (Å²) in [5, 5.41) is 0. The molecule has 0 saturated carbocycles. The Hall–Kier alpha value is -1.83. The van der Waals surface area contributed by atoms with Gasteiger partial charge in [-0.3, -0.25) is 0 Å². The summed E-state index contributed by atoms with van der Waals surface area (Å²) < 4.78 is 14.0. The molecule has 0 saturated heterocycles. The smallest absolute Gasteiger partial charge is 0.119 e. The Bertz CT molecular complexity index is 849. The second-order valence-electron chi connectivity index (χ2n) is 10.3. The van der Waals surface area contributed by atoms with E-state index in [0.29, 0.717) is 13.2 Å². The topological polar surface area (TPSA) is 21.7 Å². The van der Waals surface area contributed by atoms with Crippen LogP contribution in [-0.4, -0.2) is 26.9 Å². The molecule has 0 aromatic heterocycles. The molecule has 0 fully saturated rings. The van der Waals surface area contributed by atoms with Gasteiger partial charge in [0.25, 0.3) is 0 Å². The van der Waals surface area contributed by atoms with Gasteiger partial charge in [0.05, 0.1) is 19.8 Å². The quantitative estimate of drug-likeness (QED) is 0.290. The monoisotopic (exact) mass is 441 g/mol. The first kappa shape index (κ1) is 25.4. The lowest BCUT2D eigenvalue weighted by Gasteiger charge is -2.27. The fourth-order valence-electron chi connectivity index (χ4n) is 3.16. The van der Waals surface area contributed by atoms with Crippen LogP contribution >= 0.6 is 9.39 Å². The van der Waals surface area contributed by atoms with Crippen molar-refractivity contribution in [2.24, 2.45) is 10.8 Å². The Morgan fingerprint density at radius 3 is 2.06 bits per heavy atom. The number of aryl methyl sites for hydroxylation is 1. The number of hydrogen-bond donors (Lipinski definition) is 0. The van der Waals surface area contributed by atoms with Crippen molar-refractivity contribution in [2.45, 2.75) is 48.0 Å². The molecule has 0 aliphatic rings. The number of benzene rings is 2. The molecule has 170 valence electrons. The maximum absolute atomic E-state index is 6.03. The van der Waals surface area contributed by atoms with Gasteiger partial charge >= 0.3 is 0 Å². The largest absolute Gasteiger partial charge is 0.493 e. The Morgan fingerprint density at radius 1 is 0.871 bits per heavy atom. The standard InChI is InChI=1S/C27H40NO2P/c1-8-23-17-22(13-16-25(23)28(7)31)10-9-21-11-14-24(15-12-21)30-20-27(5,6)19-29-18-26(2,3)4/h9-17H,8,18-20,31H2,1-7H3. The normalized spacial score (nSPS) is 12.4. The number of hydrogen-bond acceptors (Lipinski definition) is 3. The van der Waals surface area contributed by atoms with Gasteiger partial charge in [0, 0.05) is 18.2 Å². The average molecular weight is 442 g/mol. The van der Waals surface area contributed by atoms with Crippen molar-refractivity contribution in [1.82, 2.24) is 0 Å². The highest BCUT2D eigenvalue weighted by molar-refractivity contribution is 7.19. The highest BCUT2D eigenvalue weighted by Crippen LogP contribution is 2.25. The van der Waals surface area contributed by atoms with Crippen LogP contribution in [0.5, 0.6) is 5.75 Å². The van der Waals surface area contributed by atoms with Crippen molar-refractivity contribution in [3.63, 3.8) is 0 Å². The summed E-state index contributed by atoms with van der Waals surface area (Å²) in [5.74, 6) is 0.891. The van der Waals surface area contributed by atoms with E-state index in [9.17, 15) is 0 Å². The van der Waals surface area contributed by atoms with Crippen LogP contribution in [-0.2, 0) is 11.2 Å². The minimum atomic E-state index is -0.0297. The van der Waals surface area contributed by atoms with E-state index in [4.69, 9.17) is 9.47 Å². The molecule has 3 nitrogen and oxygen atoms in total. The molecule has 0 spiro atoms. The molecule has 0 radical (unpaired) electrons. The second-order valence-corrected chi connectivity index (χ2v) is 11.0. The van der Waals surface area contributed by atoms with Gasteiger partial charge in [-0.05, 0) is 62.2 Å². The number of nitrogens with zero attached hydrogens (tertiary/aromatic N) is 1. The molecule has 0 heterocycles. The first-order chi connectivity index (χ1) is 14.5. The highest BCUT2D eigenvalue weighted by atomic mass is 31.0. The Kier molecular flexibility index (Phi) is 9.15. The lowest BCUT2D eigenvalue weighted by atomic mass is 9.95. The lowest BCUT2D eigenvalue weighted by Crippen LogP contribution is -2.29. The van der Waals surface area contributed by atoms with Crippen LogP contribution in [0.1, 0.15) is 58.2 Å². The zero-order valence-electron chi connectivity index (χ0n) is 20.4. The Labute approximate surface area is 192 Å². The molecule has 4 heteroatoms. The van der Waals surface area contributed by atoms with Crippen LogP contribution in [0.15, 0.2) is 42.5 Å². The van der Waals surface area contributed by atoms with Crippen LogP contribution in [0.2, 0.25) is 0 Å². The summed E-state index contributed by atoms with van der Waals surface area (Å²) >= 11 is 0. The summed E-state index contributed by atoms with van der Waals surface area (Å²) in [6.07, 6.45) is 5.32. The van der Waals surface area contributed by atoms with E-state index in [1.165, 1.54) is 16.8 Å². The zero-order chi connectivity index (χ0) is 23.1. The van der Waals surface area contributed by atoms with Gasteiger partial charge in [0.15, 0.2) is 0 Å². The van der Waals surface area contributed by atoms with Crippen molar-refractivity contribution < 1.29 is 9.47 Å². The maximum atomic E-state index is 6.03. The fraction of sp³-hybridized carbons (Fsp3) is 0.481. The molecule has 2 aromatic rings. The Balaban J connectivity index is 1.92. The van der Waals surface area contributed by atoms with Crippen LogP contribution in [0.25, 0.3) is 12.2 Å². The van der Waals surface area contributed by atoms with Crippen LogP contribution in [0.3, 0.4) is 0 Å². The molecule has 31 heavy (non-hydrogen) atoms. The van der Waals surface area contributed by atoms with E-state index in [2.05, 4.69) is 105 Å². The number of ether oxygens (including phenoxy) is 2. The van der Waals surface area contributed by atoms with Crippen molar-refractivity contribution in [3.05, 3.63) is 59.2 Å². The fourth-order valence-corrected chi connectivity index (χ4v) is 3.41. The van der Waals surface area contributed by atoms with Crippen molar-refractivity contribution in [2.75, 3.05) is 31.5 Å². The van der Waals surface area contributed by atoms with E-state index in [1.807, 2.05) is 12.1 Å². The average Bonchev–Trinajstić information content (AvgIpc) is 2.70. The molecule has 2 aromatic carbocycles. The summed E-state index contributed by atoms with van der Waals surface area (Å²) in [5.41, 5.74) is 5.12. The minimum Gasteiger partial charge on any atom is -0.493 e. The number of anilines is 1. The van der Waals surface area contributed by atoms with Gasteiger partial charge in [0.2, 0.25) is 0 Å². The first-order valence-electron chi connectivity index (χ1n) is 11.1. The highest BCUT2D eigenvalue weighted by Gasteiger charge is 2.21. The molecular formula is C27H40NO2P. The van der Waals surface area contributed by atoms with Gasteiger partial charge in [0.1, 0.15) is 5.75 Å². The molecule has 1 unspecified atom stereocenters. The molecule has 2 rings (SSSR count). The minimum absolute atomic E-state index is 0.0297. The summed E-state index contributed by atoms with van der Waals surface area (Å²) in [7, 11) is 4.78. The molecule has 0 bridgehead atoms. The molecule has 0 aliphatic heterocycles. The number of rotatable bonds is 10. The third-order valence-corrected chi connectivity index (χ3v) is 5.15. The van der Waals surface area contributed by atoms with Gasteiger partial charge in [-0.1, -0.05) is 71.9 Å². The van der Waals surface area contributed by atoms with E-state index in [-0.39, 0.29) is 10.8 Å². The lowest BCUT2D eigenvalue weighted by molar-refractivity contribution is 0.00341. The third-order valence-electron chi connectivity index (χ3n) is 4.87. The SMILES string of the molecule is CCc1cc(C=Cc2ccc(OCC(C)(C)COCC(C)(C)C)cc2)ccc1N(C)P. The van der Waals surface area contributed by atoms with Crippen LogP contribution in [0.4, 0.5) is 5.69 Å². The van der Waals surface area contributed by atoms with Gasteiger partial charge < -0.3 is 14.1 Å². The molecule has 0 amide bonds. The molecular weight excluding hydrogens is 401 g/mol. The summed E-state index contributed by atoms with van der Waals surface area (Å²) in [4.78, 5) is 0. The van der Waals surface area contributed by atoms with Gasteiger partial charge in [-0.2, -0.15) is 0 Å². The molecule has 1 atom stereocenters. The van der Waals surface area contributed by atoms with E-state index in [0.717, 1.165) is 24.3 Å². The van der Waals surface area contributed by atoms with E-state index >= 15 is 0 Å². The van der Waals surface area contributed by atoms with Crippen molar-refractivity contribution >= 4 is 27.2 Å². The summed E-state index contributed by atoms with van der Waals surface area (Å²) in [6.45, 7) is 15.2. The van der Waals surface area contributed by atoms with Crippen molar-refractivity contribution in [1.29, 1.82) is 0 Å². The molecule has 0 N–H and O–H groups in total. The predicted molar refractivity (Wildman–Crippen MR) is 139 cm³/mol. The Morgan fingerprint density at radius 2 is 1.48 bits per heavy atom. The third kappa shape index (κ3) is 9.05. The van der Waals surface area contributed by atoms with Gasteiger partial charge in [-0.25, -0.2) is 0 Å². The van der Waals surface area contributed by atoms with E-state index in [1.54, 1.807) is 0 Å². The molecule has 0 aliphatic carbocycles. The maximum Gasteiger partial charge on any atom is 0.119 e. The van der Waals surface area contributed by atoms with Crippen molar-refractivity contribution in [3.8, 4) is 5.75 Å².